The number of hydrogen-bond acceptors (Lipinski definition) is 5. The van der Waals surface area contributed by atoms with Gasteiger partial charge in [0.2, 0.25) is 0 Å². The summed E-state index contributed by atoms with van der Waals surface area (Å²) in [4.78, 5) is 15.6. The van der Waals surface area contributed by atoms with Gasteiger partial charge in [-0.15, -0.1) is 12.4 Å². The van der Waals surface area contributed by atoms with Gasteiger partial charge in [-0.25, -0.2) is 0 Å². The fourth-order valence-corrected chi connectivity index (χ4v) is 3.06. The molecule has 3 heterocycles. The Hall–Kier alpha value is -2.41. The van der Waals surface area contributed by atoms with Gasteiger partial charge in [0.1, 0.15) is 12.3 Å². The SMILES string of the molecule is Cl.c1ccc(/C(=N\OCCN2CCOCC2)c2cc3ccncc3[nH]2)cc1. The quantitative estimate of drug-likeness (QED) is 0.401. The highest BCUT2D eigenvalue weighted by molar-refractivity contribution is 6.13. The lowest BCUT2D eigenvalue weighted by atomic mass is 10.1. The predicted octanol–water partition coefficient (Wildman–Crippen LogP) is 3.09. The lowest BCUT2D eigenvalue weighted by molar-refractivity contribution is 0.0212. The Kier molecular flexibility index (Phi) is 6.81. The van der Waals surface area contributed by atoms with Gasteiger partial charge in [-0.05, 0) is 12.1 Å². The Morgan fingerprint density at radius 3 is 2.78 bits per heavy atom. The van der Waals surface area contributed by atoms with E-state index in [0.29, 0.717) is 6.61 Å². The molecule has 1 N–H and O–H groups in total. The molecule has 6 nitrogen and oxygen atoms in total. The van der Waals surface area contributed by atoms with E-state index in [4.69, 9.17) is 9.57 Å². The van der Waals surface area contributed by atoms with Gasteiger partial charge in [0.15, 0.2) is 0 Å². The Labute approximate surface area is 164 Å². The summed E-state index contributed by atoms with van der Waals surface area (Å²) < 4.78 is 5.37. The number of aromatic amines is 1. The highest BCUT2D eigenvalue weighted by Gasteiger charge is 2.12. The second-order valence-electron chi connectivity index (χ2n) is 6.24. The summed E-state index contributed by atoms with van der Waals surface area (Å²) in [5.74, 6) is 0. The Morgan fingerprint density at radius 2 is 2.00 bits per heavy atom. The lowest BCUT2D eigenvalue weighted by Gasteiger charge is -2.25. The van der Waals surface area contributed by atoms with E-state index in [9.17, 15) is 0 Å². The largest absolute Gasteiger partial charge is 0.394 e. The van der Waals surface area contributed by atoms with Crippen molar-refractivity contribution in [3.63, 3.8) is 0 Å². The fraction of sp³-hybridized carbons (Fsp3) is 0.300. The zero-order valence-electron chi connectivity index (χ0n) is 15.0. The second kappa shape index (κ2) is 9.50. The third-order valence-corrected chi connectivity index (χ3v) is 4.48. The molecule has 0 saturated carbocycles. The first-order valence-corrected chi connectivity index (χ1v) is 8.89. The maximum atomic E-state index is 5.67. The molecule has 0 aliphatic carbocycles. The van der Waals surface area contributed by atoms with Gasteiger partial charge in [0.25, 0.3) is 0 Å². The van der Waals surface area contributed by atoms with E-state index in [-0.39, 0.29) is 12.4 Å². The summed E-state index contributed by atoms with van der Waals surface area (Å²) >= 11 is 0. The molecular weight excluding hydrogens is 364 g/mol. The average molecular weight is 387 g/mol. The maximum absolute atomic E-state index is 5.67. The van der Waals surface area contributed by atoms with E-state index in [1.807, 2.05) is 42.6 Å². The molecule has 4 rings (SSSR count). The van der Waals surface area contributed by atoms with Crippen LogP contribution in [0, 0.1) is 0 Å². The number of morpholine rings is 1. The first kappa shape index (κ1) is 19.4. The number of pyridine rings is 1. The highest BCUT2D eigenvalue weighted by atomic mass is 35.5. The number of benzene rings is 1. The number of fused-ring (bicyclic) bond motifs is 1. The summed E-state index contributed by atoms with van der Waals surface area (Å²) in [6, 6.07) is 14.1. The lowest BCUT2D eigenvalue weighted by Crippen LogP contribution is -2.38. The van der Waals surface area contributed by atoms with E-state index in [1.165, 1.54) is 0 Å². The molecule has 1 saturated heterocycles. The molecule has 27 heavy (non-hydrogen) atoms. The van der Waals surface area contributed by atoms with Gasteiger partial charge >= 0.3 is 0 Å². The van der Waals surface area contributed by atoms with Crippen LogP contribution in [0.25, 0.3) is 10.9 Å². The number of aromatic nitrogens is 2. The molecule has 1 aromatic carbocycles. The van der Waals surface area contributed by atoms with Crippen LogP contribution in [0.5, 0.6) is 0 Å². The van der Waals surface area contributed by atoms with Crippen LogP contribution in [-0.2, 0) is 9.57 Å². The van der Waals surface area contributed by atoms with Crippen molar-refractivity contribution >= 4 is 29.0 Å². The summed E-state index contributed by atoms with van der Waals surface area (Å²) in [7, 11) is 0. The molecule has 0 spiro atoms. The predicted molar refractivity (Wildman–Crippen MR) is 109 cm³/mol. The number of nitrogens with one attached hydrogen (secondary N) is 1. The topological polar surface area (TPSA) is 62.7 Å². The first-order valence-electron chi connectivity index (χ1n) is 8.89. The van der Waals surface area contributed by atoms with Crippen LogP contribution in [0.15, 0.2) is 60.0 Å². The minimum atomic E-state index is 0. The van der Waals surface area contributed by atoms with Crippen LogP contribution in [0.1, 0.15) is 11.3 Å². The van der Waals surface area contributed by atoms with Crippen molar-refractivity contribution in [1.82, 2.24) is 14.9 Å². The third kappa shape index (κ3) is 4.86. The summed E-state index contributed by atoms with van der Waals surface area (Å²) in [6.07, 6.45) is 3.61. The Bertz CT molecular complexity index is 843. The number of halogens is 1. The summed E-state index contributed by atoms with van der Waals surface area (Å²) in [5.41, 5.74) is 3.71. The minimum absolute atomic E-state index is 0. The van der Waals surface area contributed by atoms with E-state index in [0.717, 1.165) is 60.7 Å². The van der Waals surface area contributed by atoms with Gasteiger partial charge in [-0.2, -0.15) is 0 Å². The van der Waals surface area contributed by atoms with E-state index >= 15 is 0 Å². The number of ether oxygens (including phenoxy) is 1. The third-order valence-electron chi connectivity index (χ3n) is 4.48. The summed E-state index contributed by atoms with van der Waals surface area (Å²) in [6.45, 7) is 4.90. The van der Waals surface area contributed by atoms with Crippen LogP contribution >= 0.6 is 12.4 Å². The molecular formula is C20H23ClN4O2. The van der Waals surface area contributed by atoms with Crippen molar-refractivity contribution in [1.29, 1.82) is 0 Å². The normalized spacial score (nSPS) is 15.5. The molecule has 2 aromatic heterocycles. The van der Waals surface area contributed by atoms with Crippen molar-refractivity contribution in [2.45, 2.75) is 0 Å². The van der Waals surface area contributed by atoms with Crippen molar-refractivity contribution in [3.05, 3.63) is 66.1 Å². The van der Waals surface area contributed by atoms with Gasteiger partial charge in [-0.3, -0.25) is 9.88 Å². The molecule has 0 radical (unpaired) electrons. The van der Waals surface area contributed by atoms with Crippen LogP contribution in [0.2, 0.25) is 0 Å². The number of H-pyrrole nitrogens is 1. The maximum Gasteiger partial charge on any atom is 0.133 e. The highest BCUT2D eigenvalue weighted by Crippen LogP contribution is 2.17. The van der Waals surface area contributed by atoms with Crippen LogP contribution in [0.4, 0.5) is 0 Å². The van der Waals surface area contributed by atoms with Crippen LogP contribution in [0.3, 0.4) is 0 Å². The van der Waals surface area contributed by atoms with E-state index in [1.54, 1.807) is 6.20 Å². The van der Waals surface area contributed by atoms with Crippen molar-refractivity contribution in [2.75, 3.05) is 39.5 Å². The molecule has 1 aliphatic rings. The molecule has 1 fully saturated rings. The summed E-state index contributed by atoms with van der Waals surface area (Å²) in [5, 5.41) is 5.55. The fourth-order valence-electron chi connectivity index (χ4n) is 3.06. The number of nitrogens with zero attached hydrogens (tertiary/aromatic N) is 3. The Balaban J connectivity index is 0.00000210. The van der Waals surface area contributed by atoms with Crippen molar-refractivity contribution < 1.29 is 9.57 Å². The molecule has 0 atom stereocenters. The average Bonchev–Trinajstić information content (AvgIpc) is 3.13. The smallest absolute Gasteiger partial charge is 0.133 e. The van der Waals surface area contributed by atoms with Crippen molar-refractivity contribution in [3.8, 4) is 0 Å². The van der Waals surface area contributed by atoms with Gasteiger partial charge in [0.05, 0.1) is 30.6 Å². The zero-order chi connectivity index (χ0) is 17.6. The molecule has 0 bridgehead atoms. The Morgan fingerprint density at radius 1 is 1.19 bits per heavy atom. The number of oxime groups is 1. The molecule has 142 valence electrons. The second-order valence-corrected chi connectivity index (χ2v) is 6.24. The molecule has 0 amide bonds. The number of hydrogen-bond donors (Lipinski definition) is 1. The van der Waals surface area contributed by atoms with Gasteiger partial charge in [0, 0.05) is 36.8 Å². The first-order chi connectivity index (χ1) is 12.9. The van der Waals surface area contributed by atoms with Gasteiger partial charge < -0.3 is 14.6 Å². The minimum Gasteiger partial charge on any atom is -0.394 e. The van der Waals surface area contributed by atoms with Crippen molar-refractivity contribution in [2.24, 2.45) is 5.16 Å². The van der Waals surface area contributed by atoms with E-state index < -0.39 is 0 Å². The zero-order valence-corrected chi connectivity index (χ0v) is 15.8. The standard InChI is InChI=1S/C20H22N4O2.ClH/c1-2-4-16(5-3-1)20(18-14-17-6-7-21-15-19(17)22-18)23-26-13-10-24-8-11-25-12-9-24;/h1-7,14-15,22H,8-13H2;1H/b23-20+;. The molecule has 0 unspecified atom stereocenters. The van der Waals surface area contributed by atoms with E-state index in [2.05, 4.69) is 26.1 Å². The molecule has 3 aromatic rings. The molecule has 1 aliphatic heterocycles. The van der Waals surface area contributed by atoms with Crippen LogP contribution in [-0.4, -0.2) is 60.0 Å². The molecule has 7 heteroatoms. The van der Waals surface area contributed by atoms with Crippen LogP contribution < -0.4 is 0 Å². The van der Waals surface area contributed by atoms with Gasteiger partial charge in [-0.1, -0.05) is 35.5 Å². The monoisotopic (exact) mass is 386 g/mol. The number of rotatable bonds is 6.